The smallest absolute Gasteiger partial charge is 0.00773 e. The molecule has 0 saturated heterocycles. The van der Waals surface area contributed by atoms with Gasteiger partial charge >= 0.3 is 0 Å². The van der Waals surface area contributed by atoms with Crippen LogP contribution in [0.1, 0.15) is 117 Å². The predicted molar refractivity (Wildman–Crippen MR) is 107 cm³/mol. The summed E-state index contributed by atoms with van der Waals surface area (Å²) in [5.74, 6) is 0. The van der Waals surface area contributed by atoms with E-state index in [9.17, 15) is 0 Å². The van der Waals surface area contributed by atoms with Crippen LogP contribution in [0.5, 0.6) is 0 Å². The molecular formula is C22H45N. The first-order chi connectivity index (χ1) is 11.1. The van der Waals surface area contributed by atoms with E-state index in [1.165, 1.54) is 96.3 Å². The fourth-order valence-corrected chi connectivity index (χ4v) is 2.97. The first kappa shape index (κ1) is 22.7. The molecule has 0 spiro atoms. The number of rotatable bonds is 16. The molecule has 1 nitrogen and oxygen atoms in total. The molecule has 0 fully saturated rings. The molecular weight excluding hydrogens is 278 g/mol. The molecule has 23 heavy (non-hydrogen) atoms. The van der Waals surface area contributed by atoms with Gasteiger partial charge in [0.15, 0.2) is 0 Å². The minimum absolute atomic E-state index is 0.523. The van der Waals surface area contributed by atoms with Crippen LogP contribution in [0.3, 0.4) is 0 Å². The van der Waals surface area contributed by atoms with Gasteiger partial charge in [-0.05, 0) is 50.5 Å². The standard InChI is InChI=1S/C22H45N/c1-22(2,3)20-18-16-14-12-10-8-6-4-5-7-9-11-13-15-17-19-21-23/h4-5H,6-21,23H2,1-3H3/b5-4-. The van der Waals surface area contributed by atoms with Crippen molar-refractivity contribution >= 4 is 0 Å². The van der Waals surface area contributed by atoms with Crippen molar-refractivity contribution in [3.05, 3.63) is 12.2 Å². The number of allylic oxidation sites excluding steroid dienone is 2. The number of nitrogens with two attached hydrogens (primary N) is 1. The summed E-state index contributed by atoms with van der Waals surface area (Å²) >= 11 is 0. The first-order valence-corrected chi connectivity index (χ1v) is 10.4. The molecule has 0 aromatic rings. The van der Waals surface area contributed by atoms with Gasteiger partial charge in [0.1, 0.15) is 0 Å². The third kappa shape index (κ3) is 21.7. The summed E-state index contributed by atoms with van der Waals surface area (Å²) in [6, 6.07) is 0. The third-order valence-corrected chi connectivity index (χ3v) is 4.54. The lowest BCUT2D eigenvalue weighted by Crippen LogP contribution is -2.03. The Morgan fingerprint density at radius 1 is 0.565 bits per heavy atom. The molecule has 0 aliphatic rings. The molecule has 0 atom stereocenters. The molecule has 0 bridgehead atoms. The van der Waals surface area contributed by atoms with E-state index >= 15 is 0 Å². The molecule has 0 aromatic carbocycles. The van der Waals surface area contributed by atoms with Crippen LogP contribution in [0.2, 0.25) is 0 Å². The van der Waals surface area contributed by atoms with Crippen molar-refractivity contribution in [3.63, 3.8) is 0 Å². The number of unbranched alkanes of at least 4 members (excludes halogenated alkanes) is 12. The molecule has 138 valence electrons. The van der Waals surface area contributed by atoms with Crippen LogP contribution >= 0.6 is 0 Å². The molecule has 1 heteroatoms. The van der Waals surface area contributed by atoms with E-state index in [0.717, 1.165) is 6.54 Å². The zero-order valence-corrected chi connectivity index (χ0v) is 16.5. The lowest BCUT2D eigenvalue weighted by molar-refractivity contribution is 0.356. The minimum Gasteiger partial charge on any atom is -0.330 e. The summed E-state index contributed by atoms with van der Waals surface area (Å²) in [5.41, 5.74) is 6.02. The normalized spacial score (nSPS) is 12.3. The van der Waals surface area contributed by atoms with Gasteiger partial charge in [0.05, 0.1) is 0 Å². The van der Waals surface area contributed by atoms with E-state index in [0.29, 0.717) is 5.41 Å². The van der Waals surface area contributed by atoms with Crippen molar-refractivity contribution in [2.45, 2.75) is 117 Å². The lowest BCUT2D eigenvalue weighted by atomic mass is 9.89. The van der Waals surface area contributed by atoms with Gasteiger partial charge in [0.25, 0.3) is 0 Å². The highest BCUT2D eigenvalue weighted by Crippen LogP contribution is 2.22. The van der Waals surface area contributed by atoms with Gasteiger partial charge in [-0.3, -0.25) is 0 Å². The van der Waals surface area contributed by atoms with Gasteiger partial charge in [0.2, 0.25) is 0 Å². The van der Waals surface area contributed by atoms with Gasteiger partial charge in [-0.25, -0.2) is 0 Å². The van der Waals surface area contributed by atoms with Crippen molar-refractivity contribution in [1.82, 2.24) is 0 Å². The van der Waals surface area contributed by atoms with Crippen molar-refractivity contribution in [1.29, 1.82) is 0 Å². The fourth-order valence-electron chi connectivity index (χ4n) is 2.97. The second-order valence-electron chi connectivity index (χ2n) is 8.39. The van der Waals surface area contributed by atoms with E-state index in [1.807, 2.05) is 0 Å². The van der Waals surface area contributed by atoms with Crippen molar-refractivity contribution in [2.24, 2.45) is 11.1 Å². The predicted octanol–water partition coefficient (Wildman–Crippen LogP) is 7.40. The molecule has 0 amide bonds. The molecule has 2 N–H and O–H groups in total. The monoisotopic (exact) mass is 323 g/mol. The zero-order chi connectivity index (χ0) is 17.2. The summed E-state index contributed by atoms with van der Waals surface area (Å²) in [6.07, 6.45) is 25.3. The number of hydrogen-bond donors (Lipinski definition) is 1. The second-order valence-corrected chi connectivity index (χ2v) is 8.39. The highest BCUT2D eigenvalue weighted by molar-refractivity contribution is 4.81. The third-order valence-electron chi connectivity index (χ3n) is 4.54. The molecule has 0 aliphatic heterocycles. The SMILES string of the molecule is CC(C)(C)CCCCCCCC/C=C\CCCCCCCCN. The van der Waals surface area contributed by atoms with Crippen LogP contribution in [-0.2, 0) is 0 Å². The summed E-state index contributed by atoms with van der Waals surface area (Å²) < 4.78 is 0. The summed E-state index contributed by atoms with van der Waals surface area (Å²) in [7, 11) is 0. The summed E-state index contributed by atoms with van der Waals surface area (Å²) in [4.78, 5) is 0. The van der Waals surface area contributed by atoms with E-state index in [1.54, 1.807) is 0 Å². The van der Waals surface area contributed by atoms with Gasteiger partial charge in [0, 0.05) is 0 Å². The Morgan fingerprint density at radius 3 is 1.39 bits per heavy atom. The van der Waals surface area contributed by atoms with Crippen LogP contribution in [0.4, 0.5) is 0 Å². The largest absolute Gasteiger partial charge is 0.330 e. The van der Waals surface area contributed by atoms with Crippen LogP contribution in [0.15, 0.2) is 12.2 Å². The topological polar surface area (TPSA) is 26.0 Å². The average Bonchev–Trinajstić information content (AvgIpc) is 2.49. The molecule has 0 unspecified atom stereocenters. The maximum absolute atomic E-state index is 5.50. The molecule has 0 aliphatic carbocycles. The summed E-state index contributed by atoms with van der Waals surface area (Å²) in [5, 5.41) is 0. The quantitative estimate of drug-likeness (QED) is 0.232. The highest BCUT2D eigenvalue weighted by Gasteiger charge is 2.08. The Balaban J connectivity index is 3.11. The average molecular weight is 324 g/mol. The van der Waals surface area contributed by atoms with E-state index in [-0.39, 0.29) is 0 Å². The van der Waals surface area contributed by atoms with Gasteiger partial charge in [-0.1, -0.05) is 90.7 Å². The first-order valence-electron chi connectivity index (χ1n) is 10.4. The maximum atomic E-state index is 5.50. The Bertz CT molecular complexity index is 249. The molecule has 0 aromatic heterocycles. The van der Waals surface area contributed by atoms with Crippen LogP contribution in [0, 0.1) is 5.41 Å². The Hall–Kier alpha value is -0.300. The minimum atomic E-state index is 0.523. The van der Waals surface area contributed by atoms with Gasteiger partial charge < -0.3 is 5.73 Å². The van der Waals surface area contributed by atoms with Crippen LogP contribution < -0.4 is 5.73 Å². The van der Waals surface area contributed by atoms with E-state index in [2.05, 4.69) is 32.9 Å². The second kappa shape index (κ2) is 16.6. The van der Waals surface area contributed by atoms with Crippen LogP contribution in [0.25, 0.3) is 0 Å². The summed E-state index contributed by atoms with van der Waals surface area (Å²) in [6.45, 7) is 7.91. The van der Waals surface area contributed by atoms with Crippen molar-refractivity contribution in [3.8, 4) is 0 Å². The molecule has 0 radical (unpaired) electrons. The molecule has 0 rings (SSSR count). The Labute approximate surface area is 147 Å². The lowest BCUT2D eigenvalue weighted by Gasteiger charge is -2.17. The van der Waals surface area contributed by atoms with E-state index < -0.39 is 0 Å². The maximum Gasteiger partial charge on any atom is -0.00773 e. The van der Waals surface area contributed by atoms with Gasteiger partial charge in [-0.2, -0.15) is 0 Å². The molecule has 0 heterocycles. The van der Waals surface area contributed by atoms with Crippen LogP contribution in [-0.4, -0.2) is 6.54 Å². The van der Waals surface area contributed by atoms with E-state index in [4.69, 9.17) is 5.73 Å². The number of hydrogen-bond acceptors (Lipinski definition) is 1. The Morgan fingerprint density at radius 2 is 0.957 bits per heavy atom. The Kier molecular flexibility index (Phi) is 16.3. The molecule has 0 saturated carbocycles. The van der Waals surface area contributed by atoms with Crippen molar-refractivity contribution in [2.75, 3.05) is 6.54 Å². The highest BCUT2D eigenvalue weighted by atomic mass is 14.5. The van der Waals surface area contributed by atoms with Crippen molar-refractivity contribution < 1.29 is 0 Å². The fraction of sp³-hybridized carbons (Fsp3) is 0.909. The van der Waals surface area contributed by atoms with Gasteiger partial charge in [-0.15, -0.1) is 0 Å². The zero-order valence-electron chi connectivity index (χ0n) is 16.5.